The first-order valence-corrected chi connectivity index (χ1v) is 16.6. The molecule has 1 aliphatic carbocycles. The fourth-order valence-corrected chi connectivity index (χ4v) is 6.97. The summed E-state index contributed by atoms with van der Waals surface area (Å²) in [5.74, 6) is 1.93. The van der Waals surface area contributed by atoms with Crippen LogP contribution < -0.4 is 19.9 Å². The Balaban J connectivity index is 1.04. The SMILES string of the molecule is COc1ncc(-c2ccc(N(C(=O)CCc3ccccc3)C3CCC(Nc4ncc(C#N)c(N5CCC6(COC6)C5)n4)CC3)nc2)cn1. The Hall–Kier alpha value is -5.15. The number of nitrogens with zero attached hydrogens (tertiary/aromatic N) is 8. The average molecular weight is 646 g/mol. The van der Waals surface area contributed by atoms with Gasteiger partial charge in [0.1, 0.15) is 17.5 Å². The van der Waals surface area contributed by atoms with Crippen LogP contribution in [-0.4, -0.2) is 76.3 Å². The fraction of sp³-hybridized carbons (Fsp3) is 0.417. The standard InChI is InChI=1S/C36H39N9O3/c1-47-35-40-20-28(21-41-35)26-8-13-31(38-18-26)45(32(46)14-7-25-5-3-2-4-6-25)30-11-9-29(10-12-30)42-34-39-19-27(17-37)33(43-34)44-16-15-36(22-44)23-48-24-36/h2-6,8,13,18-21,29-30H,7,9-12,14-16,22-24H2,1H3,(H,39,42,43). The number of anilines is 3. The van der Waals surface area contributed by atoms with Crippen LogP contribution in [0.3, 0.4) is 0 Å². The molecule has 3 aliphatic rings. The summed E-state index contributed by atoms with van der Waals surface area (Å²) >= 11 is 0. The quantitative estimate of drug-likeness (QED) is 0.254. The summed E-state index contributed by atoms with van der Waals surface area (Å²) < 4.78 is 10.6. The van der Waals surface area contributed by atoms with Crippen molar-refractivity contribution in [3.05, 3.63) is 78.4 Å². The topological polar surface area (TPSA) is 142 Å². The number of methoxy groups -OCH3 is 1. The zero-order chi connectivity index (χ0) is 32.9. The molecule has 7 rings (SSSR count). The minimum Gasteiger partial charge on any atom is -0.467 e. The number of carbonyl (C=O) groups is 1. The molecule has 0 bridgehead atoms. The summed E-state index contributed by atoms with van der Waals surface area (Å²) in [7, 11) is 1.53. The highest BCUT2D eigenvalue weighted by molar-refractivity contribution is 5.93. The molecule has 0 radical (unpaired) electrons. The lowest BCUT2D eigenvalue weighted by molar-refractivity contribution is -0.119. The molecule has 3 aromatic heterocycles. The number of nitriles is 1. The summed E-state index contributed by atoms with van der Waals surface area (Å²) in [6, 6.07) is 16.7. The number of rotatable bonds is 10. The first-order chi connectivity index (χ1) is 23.5. The van der Waals surface area contributed by atoms with Gasteiger partial charge in [-0.2, -0.15) is 10.2 Å². The highest BCUT2D eigenvalue weighted by atomic mass is 16.5. The number of hydrogen-bond acceptors (Lipinski definition) is 11. The number of nitrogens with one attached hydrogen (secondary N) is 1. The highest BCUT2D eigenvalue weighted by Gasteiger charge is 2.45. The maximum Gasteiger partial charge on any atom is 0.316 e. The summed E-state index contributed by atoms with van der Waals surface area (Å²) in [5, 5.41) is 13.3. The van der Waals surface area contributed by atoms with Crippen molar-refractivity contribution in [1.29, 1.82) is 5.26 Å². The molecule has 48 heavy (non-hydrogen) atoms. The molecule has 2 saturated heterocycles. The molecule has 12 heteroatoms. The number of pyridine rings is 1. The van der Waals surface area contributed by atoms with Crippen LogP contribution in [0.4, 0.5) is 17.6 Å². The minimum atomic E-state index is 0.0110. The van der Waals surface area contributed by atoms with Crippen LogP contribution in [-0.2, 0) is 16.0 Å². The van der Waals surface area contributed by atoms with Gasteiger partial charge in [-0.25, -0.2) is 19.9 Å². The van der Waals surface area contributed by atoms with Crippen molar-refractivity contribution in [2.75, 3.05) is 48.5 Å². The van der Waals surface area contributed by atoms with Crippen LogP contribution >= 0.6 is 0 Å². The molecule has 1 saturated carbocycles. The largest absolute Gasteiger partial charge is 0.467 e. The molecular formula is C36H39N9O3. The van der Waals surface area contributed by atoms with Gasteiger partial charge in [0.25, 0.3) is 0 Å². The Labute approximate surface area is 280 Å². The first-order valence-electron chi connectivity index (χ1n) is 16.6. The van der Waals surface area contributed by atoms with E-state index in [-0.39, 0.29) is 23.4 Å². The monoisotopic (exact) mass is 645 g/mol. The molecular weight excluding hydrogens is 606 g/mol. The van der Waals surface area contributed by atoms with Crippen LogP contribution in [0.15, 0.2) is 67.3 Å². The van der Waals surface area contributed by atoms with Crippen molar-refractivity contribution in [3.63, 3.8) is 0 Å². The summed E-state index contributed by atoms with van der Waals surface area (Å²) in [6.07, 6.45) is 12.2. The van der Waals surface area contributed by atoms with E-state index in [9.17, 15) is 10.1 Å². The molecule has 5 heterocycles. The van der Waals surface area contributed by atoms with Gasteiger partial charge in [-0.15, -0.1) is 0 Å². The van der Waals surface area contributed by atoms with Crippen molar-refractivity contribution in [2.24, 2.45) is 5.41 Å². The first kappa shape index (κ1) is 31.4. The van der Waals surface area contributed by atoms with Crippen molar-refractivity contribution in [3.8, 4) is 23.2 Å². The third-order valence-electron chi connectivity index (χ3n) is 9.72. The Morgan fingerprint density at radius 2 is 1.79 bits per heavy atom. The predicted octanol–water partition coefficient (Wildman–Crippen LogP) is 4.82. The molecule has 1 aromatic carbocycles. The molecule has 1 spiro atoms. The molecule has 4 aromatic rings. The fourth-order valence-electron chi connectivity index (χ4n) is 6.97. The van der Waals surface area contributed by atoms with Gasteiger partial charge in [-0.05, 0) is 56.2 Å². The maximum atomic E-state index is 13.9. The number of aromatic nitrogens is 5. The Morgan fingerprint density at radius 1 is 1.02 bits per heavy atom. The van der Waals surface area contributed by atoms with E-state index in [0.717, 1.165) is 75.1 Å². The second-order valence-electron chi connectivity index (χ2n) is 13.0. The van der Waals surface area contributed by atoms with Crippen LogP contribution in [0.25, 0.3) is 11.1 Å². The smallest absolute Gasteiger partial charge is 0.316 e. The van der Waals surface area contributed by atoms with Gasteiger partial charge in [0.2, 0.25) is 11.9 Å². The van der Waals surface area contributed by atoms with Crippen molar-refractivity contribution < 1.29 is 14.3 Å². The van der Waals surface area contributed by atoms with Crippen molar-refractivity contribution in [1.82, 2.24) is 24.9 Å². The number of hydrogen-bond donors (Lipinski definition) is 1. The van der Waals surface area contributed by atoms with Gasteiger partial charge in [-0.3, -0.25) is 9.69 Å². The minimum absolute atomic E-state index is 0.0110. The van der Waals surface area contributed by atoms with E-state index < -0.39 is 0 Å². The highest BCUT2D eigenvalue weighted by Crippen LogP contribution is 2.40. The van der Waals surface area contributed by atoms with Crippen molar-refractivity contribution in [2.45, 2.75) is 57.0 Å². The van der Waals surface area contributed by atoms with Gasteiger partial charge >= 0.3 is 6.01 Å². The van der Waals surface area contributed by atoms with Crippen molar-refractivity contribution >= 4 is 23.5 Å². The van der Waals surface area contributed by atoms with E-state index >= 15 is 0 Å². The van der Waals surface area contributed by atoms with E-state index in [1.807, 2.05) is 35.2 Å². The predicted molar refractivity (Wildman–Crippen MR) is 181 cm³/mol. The second kappa shape index (κ2) is 13.9. The van der Waals surface area contributed by atoms with Crippen LogP contribution in [0.1, 0.15) is 49.7 Å². The Kier molecular flexibility index (Phi) is 9.12. The van der Waals surface area contributed by atoms with Gasteiger partial charge in [-0.1, -0.05) is 30.3 Å². The molecule has 3 fully saturated rings. The van der Waals surface area contributed by atoms with Crippen LogP contribution in [0.2, 0.25) is 0 Å². The Morgan fingerprint density at radius 3 is 2.44 bits per heavy atom. The number of aryl methyl sites for hydroxylation is 1. The molecule has 0 unspecified atom stereocenters. The molecule has 2 aliphatic heterocycles. The summed E-state index contributed by atoms with van der Waals surface area (Å²) in [5.41, 5.74) is 3.49. The zero-order valence-corrected chi connectivity index (χ0v) is 27.1. The van der Waals surface area contributed by atoms with Crippen LogP contribution in [0.5, 0.6) is 6.01 Å². The molecule has 1 amide bonds. The van der Waals surface area contributed by atoms with E-state index in [2.05, 4.69) is 43.4 Å². The van der Waals surface area contributed by atoms with Gasteiger partial charge in [0.05, 0.1) is 26.5 Å². The third kappa shape index (κ3) is 6.78. The third-order valence-corrected chi connectivity index (χ3v) is 9.72. The number of amides is 1. The normalized spacial score (nSPS) is 19.7. The Bertz CT molecular complexity index is 1750. The van der Waals surface area contributed by atoms with Gasteiger partial charge in [0, 0.05) is 66.7 Å². The van der Waals surface area contributed by atoms with E-state index in [1.54, 1.807) is 24.8 Å². The van der Waals surface area contributed by atoms with E-state index in [4.69, 9.17) is 19.4 Å². The van der Waals surface area contributed by atoms with E-state index in [1.165, 1.54) is 7.11 Å². The lowest BCUT2D eigenvalue weighted by atomic mass is 9.85. The number of ether oxygens (including phenoxy) is 2. The summed E-state index contributed by atoms with van der Waals surface area (Å²) in [4.78, 5) is 40.5. The van der Waals surface area contributed by atoms with Gasteiger partial charge < -0.3 is 19.7 Å². The lowest BCUT2D eigenvalue weighted by Gasteiger charge is -2.37. The zero-order valence-electron chi connectivity index (χ0n) is 27.1. The molecule has 1 N–H and O–H groups in total. The molecule has 12 nitrogen and oxygen atoms in total. The maximum absolute atomic E-state index is 13.9. The number of carbonyl (C=O) groups excluding carboxylic acids is 1. The van der Waals surface area contributed by atoms with Crippen LogP contribution in [0, 0.1) is 16.7 Å². The number of benzene rings is 1. The lowest BCUT2D eigenvalue weighted by Crippen LogP contribution is -2.45. The van der Waals surface area contributed by atoms with Gasteiger partial charge in [0.15, 0.2) is 5.82 Å². The second-order valence-corrected chi connectivity index (χ2v) is 13.0. The summed E-state index contributed by atoms with van der Waals surface area (Å²) in [6.45, 7) is 3.25. The molecule has 0 atom stereocenters. The average Bonchev–Trinajstić information content (AvgIpc) is 3.60. The van der Waals surface area contributed by atoms with E-state index in [0.29, 0.717) is 42.0 Å². The molecule has 246 valence electrons.